The van der Waals surface area contributed by atoms with Crippen molar-refractivity contribution in [1.82, 2.24) is 9.80 Å². The number of rotatable bonds is 13. The van der Waals surface area contributed by atoms with Crippen LogP contribution in [0.3, 0.4) is 0 Å². The van der Waals surface area contributed by atoms with E-state index in [1.54, 1.807) is 37.7 Å². The molecule has 182 valence electrons. The molecular formula is C24H33FN2O5S. The number of amides is 1. The van der Waals surface area contributed by atoms with Gasteiger partial charge in [0.1, 0.15) is 18.2 Å². The summed E-state index contributed by atoms with van der Waals surface area (Å²) < 4.78 is 29.7. The van der Waals surface area contributed by atoms with E-state index in [1.165, 1.54) is 17.0 Å². The lowest BCUT2D eigenvalue weighted by Crippen LogP contribution is -2.48. The monoisotopic (exact) mass is 480 g/mol. The second kappa shape index (κ2) is 13.0. The van der Waals surface area contributed by atoms with Crippen LogP contribution in [0.15, 0.2) is 35.7 Å². The number of aliphatic hydroxyl groups is 1. The zero-order chi connectivity index (χ0) is 23.6. The molecule has 0 saturated heterocycles. The van der Waals surface area contributed by atoms with Gasteiger partial charge in [0.25, 0.3) is 0 Å². The van der Waals surface area contributed by atoms with Crippen molar-refractivity contribution in [3.63, 3.8) is 0 Å². The second-order valence-electron chi connectivity index (χ2n) is 8.11. The molecule has 0 radical (unpaired) electrons. The summed E-state index contributed by atoms with van der Waals surface area (Å²) in [4.78, 5) is 18.5. The maximum atomic E-state index is 13.6. The number of methoxy groups -OCH3 is 2. The van der Waals surface area contributed by atoms with Gasteiger partial charge in [-0.15, -0.1) is 11.3 Å². The smallest absolute Gasteiger partial charge is 0.237 e. The molecule has 1 aromatic heterocycles. The average Bonchev–Trinajstić information content (AvgIpc) is 3.27. The van der Waals surface area contributed by atoms with Crippen molar-refractivity contribution in [3.8, 4) is 5.75 Å². The minimum atomic E-state index is -0.678. The summed E-state index contributed by atoms with van der Waals surface area (Å²) >= 11 is 1.68. The van der Waals surface area contributed by atoms with Gasteiger partial charge in [0.15, 0.2) is 0 Å². The summed E-state index contributed by atoms with van der Waals surface area (Å²) in [6.45, 7) is 2.78. The number of ether oxygens (including phenoxy) is 3. The van der Waals surface area contributed by atoms with Crippen molar-refractivity contribution in [2.45, 2.75) is 25.0 Å². The highest BCUT2D eigenvalue weighted by Crippen LogP contribution is 2.34. The van der Waals surface area contributed by atoms with Gasteiger partial charge in [0, 0.05) is 51.4 Å². The second-order valence-corrected chi connectivity index (χ2v) is 9.11. The highest BCUT2D eigenvalue weighted by atomic mass is 32.1. The van der Waals surface area contributed by atoms with E-state index in [2.05, 4.69) is 0 Å². The Morgan fingerprint density at radius 1 is 1.33 bits per heavy atom. The van der Waals surface area contributed by atoms with Crippen molar-refractivity contribution in [2.24, 2.45) is 0 Å². The number of nitrogens with zero attached hydrogens (tertiary/aromatic N) is 2. The molecule has 1 aliphatic heterocycles. The van der Waals surface area contributed by atoms with Crippen LogP contribution >= 0.6 is 11.3 Å². The van der Waals surface area contributed by atoms with E-state index in [0.29, 0.717) is 32.0 Å². The first-order valence-electron chi connectivity index (χ1n) is 11.1. The molecule has 0 spiro atoms. The van der Waals surface area contributed by atoms with Gasteiger partial charge in [0.2, 0.25) is 5.91 Å². The van der Waals surface area contributed by atoms with Crippen LogP contribution in [-0.2, 0) is 20.7 Å². The lowest BCUT2D eigenvalue weighted by molar-refractivity contribution is -0.136. The van der Waals surface area contributed by atoms with Gasteiger partial charge < -0.3 is 24.2 Å². The van der Waals surface area contributed by atoms with E-state index in [9.17, 15) is 14.3 Å². The Labute approximate surface area is 198 Å². The van der Waals surface area contributed by atoms with Gasteiger partial charge in [0.05, 0.1) is 25.3 Å². The molecule has 2 atom stereocenters. The van der Waals surface area contributed by atoms with Gasteiger partial charge >= 0.3 is 0 Å². The highest BCUT2D eigenvalue weighted by molar-refractivity contribution is 7.10. The van der Waals surface area contributed by atoms with Crippen molar-refractivity contribution in [2.75, 3.05) is 60.2 Å². The zero-order valence-electron chi connectivity index (χ0n) is 19.2. The SMILES string of the molecule is COCCCN(CC(=O)N1CCc2sccc2[C@H]1COc1cccc(F)c1)C[C@@H](O)COC. The molecule has 0 unspecified atom stereocenters. The Hall–Kier alpha value is -2.04. The molecule has 1 aromatic carbocycles. The Kier molecular flexibility index (Phi) is 10.1. The molecule has 0 fully saturated rings. The third-order valence-electron chi connectivity index (χ3n) is 5.63. The van der Waals surface area contributed by atoms with E-state index >= 15 is 0 Å². The van der Waals surface area contributed by atoms with Crippen molar-refractivity contribution in [3.05, 3.63) is 52.0 Å². The number of aliphatic hydroxyl groups excluding tert-OH is 1. The Morgan fingerprint density at radius 2 is 2.18 bits per heavy atom. The molecule has 3 rings (SSSR count). The lowest BCUT2D eigenvalue weighted by Gasteiger charge is -2.37. The molecule has 33 heavy (non-hydrogen) atoms. The molecule has 2 aromatic rings. The molecule has 1 aliphatic rings. The van der Waals surface area contributed by atoms with Crippen LogP contribution in [0.2, 0.25) is 0 Å². The molecule has 0 bridgehead atoms. The fraction of sp³-hybridized carbons (Fsp3) is 0.542. The first kappa shape index (κ1) is 25.6. The maximum Gasteiger partial charge on any atom is 0.237 e. The van der Waals surface area contributed by atoms with E-state index < -0.39 is 6.10 Å². The van der Waals surface area contributed by atoms with E-state index in [1.807, 2.05) is 21.2 Å². The number of halogens is 1. The van der Waals surface area contributed by atoms with Crippen LogP contribution in [0.25, 0.3) is 0 Å². The summed E-state index contributed by atoms with van der Waals surface area (Å²) in [7, 11) is 3.18. The molecule has 9 heteroatoms. The number of hydrogen-bond donors (Lipinski definition) is 1. The van der Waals surface area contributed by atoms with Crippen molar-refractivity contribution < 1.29 is 28.5 Å². The number of thiophene rings is 1. The molecule has 0 saturated carbocycles. The van der Waals surface area contributed by atoms with Gasteiger partial charge in [-0.2, -0.15) is 0 Å². The fourth-order valence-electron chi connectivity index (χ4n) is 4.10. The number of carbonyl (C=O) groups is 1. The predicted octanol–water partition coefficient (Wildman–Crippen LogP) is 2.74. The fourth-order valence-corrected chi connectivity index (χ4v) is 5.03. The van der Waals surface area contributed by atoms with Crippen molar-refractivity contribution in [1.29, 1.82) is 0 Å². The first-order chi connectivity index (χ1) is 16.0. The summed E-state index contributed by atoms with van der Waals surface area (Å²) in [6, 6.07) is 7.82. The van der Waals surface area contributed by atoms with Crippen LogP contribution in [0.1, 0.15) is 22.9 Å². The maximum absolute atomic E-state index is 13.6. The molecule has 2 heterocycles. The summed E-state index contributed by atoms with van der Waals surface area (Å²) in [5.74, 6) is 0.0528. The third-order valence-corrected chi connectivity index (χ3v) is 6.63. The van der Waals surface area contributed by atoms with E-state index in [0.717, 1.165) is 18.4 Å². The van der Waals surface area contributed by atoms with E-state index in [-0.39, 0.29) is 37.5 Å². The summed E-state index contributed by atoms with van der Waals surface area (Å²) in [5.41, 5.74) is 1.08. The van der Waals surface area contributed by atoms with E-state index in [4.69, 9.17) is 14.2 Å². The van der Waals surface area contributed by atoms with Gasteiger partial charge in [-0.1, -0.05) is 6.07 Å². The quantitative estimate of drug-likeness (QED) is 0.445. The largest absolute Gasteiger partial charge is 0.491 e. The van der Waals surface area contributed by atoms with Crippen LogP contribution < -0.4 is 4.74 Å². The average molecular weight is 481 g/mol. The van der Waals surface area contributed by atoms with Crippen LogP contribution in [0.5, 0.6) is 5.75 Å². The summed E-state index contributed by atoms with van der Waals surface area (Å²) in [6.07, 6.45) is 0.873. The number of carbonyl (C=O) groups excluding carboxylic acids is 1. The standard InChI is InChI=1S/C24H33FN2O5S/c1-30-11-4-9-26(14-19(28)16-31-2)15-24(29)27-10-7-23-21(8-12-33-23)22(27)17-32-20-6-3-5-18(25)13-20/h3,5-6,8,12-13,19,22,28H,4,7,9-11,14-17H2,1-2H3/t19-,22-/m1/s1. The van der Waals surface area contributed by atoms with Crippen LogP contribution in [0, 0.1) is 5.82 Å². The minimum Gasteiger partial charge on any atom is -0.491 e. The topological polar surface area (TPSA) is 71.5 Å². The van der Waals surface area contributed by atoms with Crippen LogP contribution in [-0.4, -0.2) is 87.1 Å². The summed E-state index contributed by atoms with van der Waals surface area (Å²) in [5, 5.41) is 12.2. The first-order valence-corrected chi connectivity index (χ1v) is 12.0. The predicted molar refractivity (Wildman–Crippen MR) is 125 cm³/mol. The van der Waals surface area contributed by atoms with Crippen LogP contribution in [0.4, 0.5) is 4.39 Å². The number of benzene rings is 1. The minimum absolute atomic E-state index is 0.0262. The van der Waals surface area contributed by atoms with Gasteiger partial charge in [-0.25, -0.2) is 4.39 Å². The molecule has 7 nitrogen and oxygen atoms in total. The molecular weight excluding hydrogens is 447 g/mol. The highest BCUT2D eigenvalue weighted by Gasteiger charge is 2.33. The molecule has 1 N–H and O–H groups in total. The Bertz CT molecular complexity index is 880. The Morgan fingerprint density at radius 3 is 2.94 bits per heavy atom. The van der Waals surface area contributed by atoms with Gasteiger partial charge in [-0.05, 0) is 42.0 Å². The molecule has 0 aliphatic carbocycles. The zero-order valence-corrected chi connectivity index (χ0v) is 20.1. The van der Waals surface area contributed by atoms with Crippen molar-refractivity contribution >= 4 is 17.2 Å². The number of hydrogen-bond acceptors (Lipinski definition) is 7. The number of fused-ring (bicyclic) bond motifs is 1. The molecule has 1 amide bonds. The lowest BCUT2D eigenvalue weighted by atomic mass is 10.0. The Balaban J connectivity index is 1.70. The van der Waals surface area contributed by atoms with Gasteiger partial charge in [-0.3, -0.25) is 9.69 Å². The third kappa shape index (κ3) is 7.48. The normalized spacial score (nSPS) is 16.6.